The average Bonchev–Trinajstić information content (AvgIpc) is 2.04. The lowest BCUT2D eigenvalue weighted by molar-refractivity contribution is -0.384. The summed E-state index contributed by atoms with van der Waals surface area (Å²) in [5.41, 5.74) is 0.0501. The topological polar surface area (TPSA) is 52.4 Å². The van der Waals surface area contributed by atoms with E-state index in [1.807, 2.05) is 0 Å². The van der Waals surface area contributed by atoms with E-state index >= 15 is 0 Å². The van der Waals surface area contributed by atoms with Crippen LogP contribution >= 0.6 is 0 Å². The van der Waals surface area contributed by atoms with E-state index in [2.05, 4.69) is 6.58 Å². The lowest BCUT2D eigenvalue weighted by Crippen LogP contribution is -1.90. The molecule has 0 fully saturated rings. The lowest BCUT2D eigenvalue weighted by Gasteiger charge is -2.02. The number of allylic oxidation sites excluding steroid dienone is 1. The van der Waals surface area contributed by atoms with Crippen LogP contribution in [0.2, 0.25) is 0 Å². The van der Waals surface area contributed by atoms with Gasteiger partial charge in [0.15, 0.2) is 0 Å². The molecule has 0 heterocycles. The number of nitrogens with zero attached hydrogens (tertiary/aromatic N) is 1. The van der Waals surface area contributed by atoms with Crippen LogP contribution in [0.4, 0.5) is 5.69 Å². The van der Waals surface area contributed by atoms with E-state index in [4.69, 9.17) is 4.74 Å². The minimum atomic E-state index is -0.454. The Kier molecular flexibility index (Phi) is 2.64. The van der Waals surface area contributed by atoms with Gasteiger partial charge in [-0.3, -0.25) is 10.1 Å². The largest absolute Gasteiger partial charge is 0.463 e. The number of hydrogen-bond donors (Lipinski definition) is 0. The first-order valence-corrected chi connectivity index (χ1v) is 3.67. The minimum absolute atomic E-state index is 0.0501. The van der Waals surface area contributed by atoms with E-state index in [9.17, 15) is 10.1 Å². The molecule has 0 bridgehead atoms. The summed E-state index contributed by atoms with van der Waals surface area (Å²) in [5, 5.41) is 10.3. The van der Waals surface area contributed by atoms with E-state index in [0.717, 1.165) is 0 Å². The number of ether oxygens (including phenoxy) is 1. The Labute approximate surface area is 75.6 Å². The van der Waals surface area contributed by atoms with Crippen LogP contribution in [0.5, 0.6) is 5.75 Å². The molecule has 0 aromatic heterocycles. The maximum absolute atomic E-state index is 10.3. The Bertz CT molecular complexity index is 329. The molecule has 4 nitrogen and oxygen atoms in total. The quantitative estimate of drug-likeness (QED) is 0.407. The Morgan fingerprint density at radius 3 is 2.38 bits per heavy atom. The van der Waals surface area contributed by atoms with Crippen molar-refractivity contribution in [2.24, 2.45) is 0 Å². The van der Waals surface area contributed by atoms with Crippen LogP contribution in [-0.2, 0) is 0 Å². The summed E-state index contributed by atoms with van der Waals surface area (Å²) in [5.74, 6) is 1.10. The van der Waals surface area contributed by atoms with Crippen LogP contribution in [0, 0.1) is 10.1 Å². The SMILES string of the molecule is C=C(C)Oc1ccc([N+](=O)[O-])cc1. The predicted molar refractivity (Wildman–Crippen MR) is 48.5 cm³/mol. The van der Waals surface area contributed by atoms with Gasteiger partial charge >= 0.3 is 0 Å². The third-order valence-electron chi connectivity index (χ3n) is 1.34. The summed E-state index contributed by atoms with van der Waals surface area (Å²) in [6.45, 7) is 5.26. The second kappa shape index (κ2) is 3.71. The summed E-state index contributed by atoms with van der Waals surface area (Å²) in [6.07, 6.45) is 0. The fourth-order valence-corrected chi connectivity index (χ4v) is 0.837. The third-order valence-corrected chi connectivity index (χ3v) is 1.34. The molecule has 1 rings (SSSR count). The molecule has 0 N–H and O–H groups in total. The number of benzene rings is 1. The van der Waals surface area contributed by atoms with Crippen LogP contribution in [-0.4, -0.2) is 4.92 Å². The van der Waals surface area contributed by atoms with Crippen LogP contribution in [0.1, 0.15) is 6.92 Å². The number of nitro benzene ring substituents is 1. The highest BCUT2D eigenvalue weighted by atomic mass is 16.6. The molecule has 0 saturated carbocycles. The normalized spacial score (nSPS) is 9.31. The molecule has 4 heteroatoms. The first kappa shape index (κ1) is 9.25. The fraction of sp³-hybridized carbons (Fsp3) is 0.111. The smallest absolute Gasteiger partial charge is 0.269 e. The summed E-state index contributed by atoms with van der Waals surface area (Å²) in [7, 11) is 0. The fourth-order valence-electron chi connectivity index (χ4n) is 0.837. The van der Waals surface area contributed by atoms with Gasteiger partial charge in [-0.1, -0.05) is 6.58 Å². The first-order valence-electron chi connectivity index (χ1n) is 3.67. The van der Waals surface area contributed by atoms with Gasteiger partial charge in [-0.2, -0.15) is 0 Å². The van der Waals surface area contributed by atoms with Gasteiger partial charge in [0, 0.05) is 12.1 Å². The van der Waals surface area contributed by atoms with Crippen molar-refractivity contribution in [3.05, 3.63) is 46.7 Å². The Morgan fingerprint density at radius 2 is 2.00 bits per heavy atom. The van der Waals surface area contributed by atoms with Crippen molar-refractivity contribution in [3.63, 3.8) is 0 Å². The highest BCUT2D eigenvalue weighted by Crippen LogP contribution is 2.18. The maximum Gasteiger partial charge on any atom is 0.269 e. The first-order chi connectivity index (χ1) is 6.09. The third kappa shape index (κ3) is 2.59. The number of hydrogen-bond acceptors (Lipinski definition) is 3. The molecular formula is C9H9NO3. The van der Waals surface area contributed by atoms with Gasteiger partial charge in [-0.05, 0) is 19.1 Å². The van der Waals surface area contributed by atoms with Crippen molar-refractivity contribution >= 4 is 5.69 Å². The van der Waals surface area contributed by atoms with E-state index in [1.165, 1.54) is 24.3 Å². The van der Waals surface area contributed by atoms with Crippen molar-refractivity contribution in [3.8, 4) is 5.75 Å². The zero-order chi connectivity index (χ0) is 9.84. The van der Waals surface area contributed by atoms with Gasteiger partial charge < -0.3 is 4.74 Å². The summed E-state index contributed by atoms with van der Waals surface area (Å²) in [4.78, 5) is 9.83. The standard InChI is InChI=1S/C9H9NO3/c1-7(2)13-9-5-3-8(4-6-9)10(11)12/h3-6H,1H2,2H3. The molecule has 0 unspecified atom stereocenters. The molecule has 1 aromatic rings. The van der Waals surface area contributed by atoms with Crippen molar-refractivity contribution in [1.82, 2.24) is 0 Å². The van der Waals surface area contributed by atoms with Crippen LogP contribution in [0.25, 0.3) is 0 Å². The number of nitro groups is 1. The monoisotopic (exact) mass is 179 g/mol. The molecule has 0 spiro atoms. The number of non-ortho nitro benzene ring substituents is 1. The van der Waals surface area contributed by atoms with Gasteiger partial charge in [0.2, 0.25) is 0 Å². The predicted octanol–water partition coefficient (Wildman–Crippen LogP) is 2.51. The summed E-state index contributed by atoms with van der Waals surface area (Å²) in [6, 6.07) is 5.84. The summed E-state index contributed by atoms with van der Waals surface area (Å²) < 4.78 is 5.13. The van der Waals surface area contributed by atoms with Gasteiger partial charge in [-0.15, -0.1) is 0 Å². The van der Waals surface area contributed by atoms with Crippen LogP contribution in [0.15, 0.2) is 36.6 Å². The van der Waals surface area contributed by atoms with E-state index < -0.39 is 4.92 Å². The van der Waals surface area contributed by atoms with Gasteiger partial charge in [0.05, 0.1) is 10.7 Å². The second-order valence-corrected chi connectivity index (χ2v) is 2.56. The Balaban J connectivity index is 2.81. The maximum atomic E-state index is 10.3. The second-order valence-electron chi connectivity index (χ2n) is 2.56. The van der Waals surface area contributed by atoms with Crippen molar-refractivity contribution < 1.29 is 9.66 Å². The molecule has 0 radical (unpaired) electrons. The van der Waals surface area contributed by atoms with Crippen LogP contribution in [0.3, 0.4) is 0 Å². The molecule has 0 saturated heterocycles. The molecule has 0 aliphatic heterocycles. The molecule has 0 aliphatic rings. The molecule has 13 heavy (non-hydrogen) atoms. The van der Waals surface area contributed by atoms with Gasteiger partial charge in [0.25, 0.3) is 5.69 Å². The molecule has 0 amide bonds. The minimum Gasteiger partial charge on any atom is -0.463 e. The van der Waals surface area contributed by atoms with Gasteiger partial charge in [-0.25, -0.2) is 0 Å². The van der Waals surface area contributed by atoms with E-state index in [0.29, 0.717) is 11.5 Å². The average molecular weight is 179 g/mol. The lowest BCUT2D eigenvalue weighted by atomic mass is 10.3. The zero-order valence-corrected chi connectivity index (χ0v) is 7.19. The molecular weight excluding hydrogens is 170 g/mol. The zero-order valence-electron chi connectivity index (χ0n) is 7.19. The highest BCUT2D eigenvalue weighted by Gasteiger charge is 2.03. The van der Waals surface area contributed by atoms with Crippen molar-refractivity contribution in [2.75, 3.05) is 0 Å². The van der Waals surface area contributed by atoms with Crippen molar-refractivity contribution in [1.29, 1.82) is 0 Å². The summed E-state index contributed by atoms with van der Waals surface area (Å²) >= 11 is 0. The molecule has 1 aromatic carbocycles. The Morgan fingerprint density at radius 1 is 1.46 bits per heavy atom. The van der Waals surface area contributed by atoms with Crippen LogP contribution < -0.4 is 4.74 Å². The van der Waals surface area contributed by atoms with E-state index in [1.54, 1.807) is 6.92 Å². The molecule has 68 valence electrons. The molecule has 0 aliphatic carbocycles. The molecule has 0 atom stereocenters. The van der Waals surface area contributed by atoms with Crippen molar-refractivity contribution in [2.45, 2.75) is 6.92 Å². The van der Waals surface area contributed by atoms with Gasteiger partial charge in [0.1, 0.15) is 5.75 Å². The number of rotatable bonds is 3. The Hall–Kier alpha value is -1.84. The highest BCUT2D eigenvalue weighted by molar-refractivity contribution is 5.36. The van der Waals surface area contributed by atoms with E-state index in [-0.39, 0.29) is 5.69 Å².